The molecule has 2 fully saturated rings. The number of nitrogens with one attached hydrogen (secondary N) is 1. The zero-order valence-electron chi connectivity index (χ0n) is 9.61. The van der Waals surface area contributed by atoms with E-state index >= 15 is 0 Å². The van der Waals surface area contributed by atoms with Crippen molar-refractivity contribution < 1.29 is 19.0 Å². The highest BCUT2D eigenvalue weighted by molar-refractivity contribution is 5.75. The number of carbonyl (C=O) groups is 1. The largest absolute Gasteiger partial charge is 0.465 e. The van der Waals surface area contributed by atoms with Crippen molar-refractivity contribution in [3.8, 4) is 0 Å². The lowest BCUT2D eigenvalue weighted by molar-refractivity contribution is -0.148. The lowest BCUT2D eigenvalue weighted by atomic mass is 9.98. The van der Waals surface area contributed by atoms with E-state index in [1.54, 1.807) is 0 Å². The summed E-state index contributed by atoms with van der Waals surface area (Å²) in [6.07, 6.45) is 2.63. The van der Waals surface area contributed by atoms with Crippen molar-refractivity contribution in [3.63, 3.8) is 0 Å². The topological polar surface area (TPSA) is 56.8 Å². The van der Waals surface area contributed by atoms with Crippen molar-refractivity contribution in [1.82, 2.24) is 5.32 Å². The predicted molar refractivity (Wildman–Crippen MR) is 56.9 cm³/mol. The van der Waals surface area contributed by atoms with E-state index in [4.69, 9.17) is 14.2 Å². The Morgan fingerprint density at radius 2 is 2.12 bits per heavy atom. The van der Waals surface area contributed by atoms with E-state index < -0.39 is 0 Å². The van der Waals surface area contributed by atoms with Gasteiger partial charge in [0, 0.05) is 0 Å². The molecule has 0 aromatic heterocycles. The normalized spacial score (nSPS) is 31.6. The van der Waals surface area contributed by atoms with Gasteiger partial charge in [0.1, 0.15) is 6.04 Å². The molecular weight excluding hydrogens is 210 g/mol. The number of esters is 1. The molecule has 0 spiro atoms. The Bertz CT molecular complexity index is 240. The fraction of sp³-hybridized carbons (Fsp3) is 0.909. The SMILES string of the molecule is CCOC(=O)C1CCCC(C2OCCO2)N1. The molecule has 0 bridgehead atoms. The Kier molecular flexibility index (Phi) is 4.15. The average Bonchev–Trinajstić information content (AvgIpc) is 2.83. The van der Waals surface area contributed by atoms with Crippen molar-refractivity contribution in [2.45, 2.75) is 44.6 Å². The lowest BCUT2D eigenvalue weighted by Gasteiger charge is -2.32. The van der Waals surface area contributed by atoms with E-state index in [-0.39, 0.29) is 24.3 Å². The van der Waals surface area contributed by atoms with Gasteiger partial charge >= 0.3 is 5.97 Å². The van der Waals surface area contributed by atoms with Crippen LogP contribution in [0.2, 0.25) is 0 Å². The Labute approximate surface area is 95.4 Å². The molecule has 2 atom stereocenters. The molecule has 16 heavy (non-hydrogen) atoms. The maximum atomic E-state index is 11.6. The molecule has 2 aliphatic heterocycles. The van der Waals surface area contributed by atoms with Gasteiger partial charge < -0.3 is 14.2 Å². The van der Waals surface area contributed by atoms with Crippen LogP contribution in [0.15, 0.2) is 0 Å². The van der Waals surface area contributed by atoms with Crippen molar-refractivity contribution in [2.75, 3.05) is 19.8 Å². The highest BCUT2D eigenvalue weighted by Crippen LogP contribution is 2.20. The van der Waals surface area contributed by atoms with Crippen molar-refractivity contribution in [2.24, 2.45) is 0 Å². The Morgan fingerprint density at radius 3 is 2.81 bits per heavy atom. The van der Waals surface area contributed by atoms with Crippen LogP contribution in [0.5, 0.6) is 0 Å². The summed E-state index contributed by atoms with van der Waals surface area (Å²) in [5.41, 5.74) is 0. The van der Waals surface area contributed by atoms with Crippen LogP contribution >= 0.6 is 0 Å². The van der Waals surface area contributed by atoms with Crippen molar-refractivity contribution in [1.29, 1.82) is 0 Å². The first kappa shape index (κ1) is 11.8. The zero-order chi connectivity index (χ0) is 11.4. The van der Waals surface area contributed by atoms with Crippen LogP contribution in [0.4, 0.5) is 0 Å². The third-order valence-corrected chi connectivity index (χ3v) is 2.97. The smallest absolute Gasteiger partial charge is 0.323 e. The van der Waals surface area contributed by atoms with Crippen molar-refractivity contribution >= 4 is 5.97 Å². The molecule has 2 rings (SSSR count). The monoisotopic (exact) mass is 229 g/mol. The van der Waals surface area contributed by atoms with Crippen molar-refractivity contribution in [3.05, 3.63) is 0 Å². The third-order valence-electron chi connectivity index (χ3n) is 2.97. The van der Waals surface area contributed by atoms with Crippen LogP contribution in [0.25, 0.3) is 0 Å². The van der Waals surface area contributed by atoms with Gasteiger partial charge in [-0.3, -0.25) is 10.1 Å². The number of ether oxygens (including phenoxy) is 3. The molecule has 0 radical (unpaired) electrons. The minimum absolute atomic E-state index is 0.116. The van der Waals surface area contributed by atoms with Crippen LogP contribution < -0.4 is 5.32 Å². The zero-order valence-corrected chi connectivity index (χ0v) is 9.61. The molecule has 0 saturated carbocycles. The highest BCUT2D eigenvalue weighted by atomic mass is 16.7. The summed E-state index contributed by atoms with van der Waals surface area (Å²) in [5.74, 6) is -0.162. The molecule has 2 saturated heterocycles. The summed E-state index contributed by atoms with van der Waals surface area (Å²) in [4.78, 5) is 11.6. The molecule has 0 aliphatic carbocycles. The second-order valence-electron chi connectivity index (χ2n) is 4.12. The first-order valence-corrected chi connectivity index (χ1v) is 5.97. The molecule has 0 amide bonds. The Morgan fingerprint density at radius 1 is 1.38 bits per heavy atom. The van der Waals surface area contributed by atoms with E-state index in [9.17, 15) is 4.79 Å². The fourth-order valence-electron chi connectivity index (χ4n) is 2.22. The number of piperidine rings is 1. The number of hydrogen-bond acceptors (Lipinski definition) is 5. The van der Waals surface area contributed by atoms with E-state index in [2.05, 4.69) is 5.32 Å². The van der Waals surface area contributed by atoms with Gasteiger partial charge in [0.15, 0.2) is 6.29 Å². The standard InChI is InChI=1S/C11H19NO4/c1-2-14-10(13)8-4-3-5-9(12-8)11-15-6-7-16-11/h8-9,11-12H,2-7H2,1H3. The van der Waals surface area contributed by atoms with E-state index in [1.165, 1.54) is 0 Å². The average molecular weight is 229 g/mol. The maximum absolute atomic E-state index is 11.6. The third kappa shape index (κ3) is 2.72. The van der Waals surface area contributed by atoms with Crippen LogP contribution in [0.1, 0.15) is 26.2 Å². The first-order valence-electron chi connectivity index (χ1n) is 5.97. The van der Waals surface area contributed by atoms with Crippen LogP contribution in [0.3, 0.4) is 0 Å². The predicted octanol–water partition coefficient (Wildman–Crippen LogP) is 0.433. The molecule has 5 heteroatoms. The molecule has 0 aromatic rings. The quantitative estimate of drug-likeness (QED) is 0.711. The molecule has 2 aliphatic rings. The van der Waals surface area contributed by atoms with Crippen LogP contribution in [0, 0.1) is 0 Å². The Hall–Kier alpha value is -0.650. The fourth-order valence-corrected chi connectivity index (χ4v) is 2.22. The summed E-state index contributed by atoms with van der Waals surface area (Å²) in [5, 5.41) is 3.26. The summed E-state index contributed by atoms with van der Waals surface area (Å²) in [7, 11) is 0. The minimum Gasteiger partial charge on any atom is -0.465 e. The first-order chi connectivity index (χ1) is 7.81. The van der Waals surface area contributed by atoms with Gasteiger partial charge in [-0.25, -0.2) is 0 Å². The number of hydrogen-bond donors (Lipinski definition) is 1. The van der Waals surface area contributed by atoms with Crippen LogP contribution in [-0.4, -0.2) is 44.2 Å². The molecule has 2 unspecified atom stereocenters. The molecule has 92 valence electrons. The van der Waals surface area contributed by atoms with E-state index in [0.717, 1.165) is 19.3 Å². The molecule has 5 nitrogen and oxygen atoms in total. The highest BCUT2D eigenvalue weighted by Gasteiger charge is 2.34. The van der Waals surface area contributed by atoms with Gasteiger partial charge in [0.05, 0.1) is 25.9 Å². The molecular formula is C11H19NO4. The summed E-state index contributed by atoms with van der Waals surface area (Å²) < 4.78 is 15.9. The van der Waals surface area contributed by atoms with Gasteiger partial charge in [-0.15, -0.1) is 0 Å². The lowest BCUT2D eigenvalue weighted by Crippen LogP contribution is -2.52. The molecule has 2 heterocycles. The van der Waals surface area contributed by atoms with Gasteiger partial charge in [-0.1, -0.05) is 0 Å². The van der Waals surface area contributed by atoms with E-state index in [1.807, 2.05) is 6.92 Å². The maximum Gasteiger partial charge on any atom is 0.323 e. The van der Waals surface area contributed by atoms with Gasteiger partial charge in [-0.05, 0) is 26.2 Å². The number of rotatable bonds is 3. The molecule has 1 N–H and O–H groups in total. The van der Waals surface area contributed by atoms with E-state index in [0.29, 0.717) is 19.8 Å². The van der Waals surface area contributed by atoms with Gasteiger partial charge in [-0.2, -0.15) is 0 Å². The second-order valence-corrected chi connectivity index (χ2v) is 4.12. The molecule has 0 aromatic carbocycles. The van der Waals surface area contributed by atoms with Gasteiger partial charge in [0.25, 0.3) is 0 Å². The summed E-state index contributed by atoms with van der Waals surface area (Å²) in [6, 6.07) is -0.0860. The number of carbonyl (C=O) groups excluding carboxylic acids is 1. The van der Waals surface area contributed by atoms with Crippen LogP contribution in [-0.2, 0) is 19.0 Å². The Balaban J connectivity index is 1.85. The summed E-state index contributed by atoms with van der Waals surface area (Å²) in [6.45, 7) is 3.54. The minimum atomic E-state index is -0.202. The van der Waals surface area contributed by atoms with Gasteiger partial charge in [0.2, 0.25) is 0 Å². The second kappa shape index (κ2) is 5.61. The summed E-state index contributed by atoms with van der Waals surface area (Å²) >= 11 is 0.